The fourth-order valence-electron chi connectivity index (χ4n) is 2.98. The molecule has 1 aromatic rings. The third-order valence-electron chi connectivity index (χ3n) is 4.17. The minimum atomic E-state index is -0.570. The molecule has 0 heterocycles. The molecule has 0 unspecified atom stereocenters. The summed E-state index contributed by atoms with van der Waals surface area (Å²) in [5, 5.41) is 2.82. The van der Waals surface area contributed by atoms with Crippen LogP contribution < -0.4 is 5.32 Å². The predicted octanol–water partition coefficient (Wildman–Crippen LogP) is 3.69. The van der Waals surface area contributed by atoms with E-state index in [0.29, 0.717) is 17.9 Å². The van der Waals surface area contributed by atoms with Crippen molar-refractivity contribution in [3.8, 4) is 0 Å². The molecule has 2 rings (SSSR count). The lowest BCUT2D eigenvalue weighted by Crippen LogP contribution is -2.43. The number of amides is 1. The highest BCUT2D eigenvalue weighted by atomic mass is 79.9. The summed E-state index contributed by atoms with van der Waals surface area (Å²) in [6, 6.07) is 6.56. The lowest BCUT2D eigenvalue weighted by atomic mass is 9.85. The monoisotopic (exact) mass is 367 g/mol. The van der Waals surface area contributed by atoms with E-state index < -0.39 is 6.04 Å². The van der Waals surface area contributed by atoms with Crippen LogP contribution in [0.2, 0.25) is 0 Å². The Bertz CT molecular complexity index is 526. The van der Waals surface area contributed by atoms with Crippen molar-refractivity contribution in [3.63, 3.8) is 0 Å². The van der Waals surface area contributed by atoms with Crippen LogP contribution in [-0.4, -0.2) is 25.0 Å². The molecule has 1 aromatic carbocycles. The van der Waals surface area contributed by atoms with E-state index in [2.05, 4.69) is 21.2 Å². The number of halogens is 1. The molecule has 1 amide bonds. The normalized spacial score (nSPS) is 16.8. The van der Waals surface area contributed by atoms with E-state index in [1.165, 1.54) is 26.4 Å². The van der Waals surface area contributed by atoms with Crippen LogP contribution in [0.5, 0.6) is 0 Å². The van der Waals surface area contributed by atoms with Gasteiger partial charge in [-0.2, -0.15) is 0 Å². The molecule has 1 N–H and O–H groups in total. The summed E-state index contributed by atoms with van der Waals surface area (Å²) in [5.74, 6) is -0.123. The Morgan fingerprint density at radius 1 is 1.32 bits per heavy atom. The van der Waals surface area contributed by atoms with Crippen molar-refractivity contribution in [1.29, 1.82) is 0 Å². The fourth-order valence-corrected chi connectivity index (χ4v) is 3.38. The number of ether oxygens (including phenoxy) is 1. The molecule has 4 nitrogen and oxygen atoms in total. The van der Waals surface area contributed by atoms with Gasteiger partial charge in [0.05, 0.1) is 7.11 Å². The van der Waals surface area contributed by atoms with E-state index in [1.807, 2.05) is 6.07 Å². The number of benzene rings is 1. The third kappa shape index (κ3) is 4.83. The highest BCUT2D eigenvalue weighted by Gasteiger charge is 2.26. The quantitative estimate of drug-likeness (QED) is 0.807. The van der Waals surface area contributed by atoms with Crippen LogP contribution in [0.15, 0.2) is 28.7 Å². The number of rotatable bonds is 5. The van der Waals surface area contributed by atoms with Gasteiger partial charge in [-0.15, -0.1) is 0 Å². The zero-order valence-corrected chi connectivity index (χ0v) is 14.4. The molecule has 1 fully saturated rings. The van der Waals surface area contributed by atoms with Crippen LogP contribution in [0.1, 0.15) is 48.9 Å². The molecule has 1 saturated carbocycles. The second kappa shape index (κ2) is 8.32. The van der Waals surface area contributed by atoms with Crippen molar-refractivity contribution in [2.75, 3.05) is 7.11 Å². The van der Waals surface area contributed by atoms with Crippen LogP contribution in [0.4, 0.5) is 0 Å². The molecule has 1 atom stereocenters. The van der Waals surface area contributed by atoms with Crippen molar-refractivity contribution < 1.29 is 14.3 Å². The van der Waals surface area contributed by atoms with Gasteiger partial charge in [0.15, 0.2) is 0 Å². The van der Waals surface area contributed by atoms with Gasteiger partial charge in [0, 0.05) is 10.0 Å². The maximum atomic E-state index is 12.3. The van der Waals surface area contributed by atoms with Gasteiger partial charge in [-0.3, -0.25) is 4.79 Å². The van der Waals surface area contributed by atoms with Crippen molar-refractivity contribution in [3.05, 3.63) is 34.3 Å². The Morgan fingerprint density at radius 3 is 2.68 bits per heavy atom. The highest BCUT2D eigenvalue weighted by Crippen LogP contribution is 2.27. The average Bonchev–Trinajstić information content (AvgIpc) is 2.54. The molecular weight excluding hydrogens is 346 g/mol. The van der Waals surface area contributed by atoms with Gasteiger partial charge in [-0.25, -0.2) is 4.79 Å². The van der Waals surface area contributed by atoms with Gasteiger partial charge >= 0.3 is 5.97 Å². The van der Waals surface area contributed by atoms with E-state index in [-0.39, 0.29) is 11.9 Å². The zero-order chi connectivity index (χ0) is 15.9. The van der Waals surface area contributed by atoms with Gasteiger partial charge in [0.2, 0.25) is 0 Å². The molecule has 120 valence electrons. The molecule has 5 heteroatoms. The fraction of sp³-hybridized carbons (Fsp3) is 0.529. The number of carbonyl (C=O) groups excluding carboxylic acids is 2. The van der Waals surface area contributed by atoms with Gasteiger partial charge in [-0.1, -0.05) is 54.1 Å². The Labute approximate surface area is 139 Å². The predicted molar refractivity (Wildman–Crippen MR) is 88.6 cm³/mol. The molecular formula is C17H22BrNO3. The summed E-state index contributed by atoms with van der Waals surface area (Å²) in [6.07, 6.45) is 6.59. The largest absolute Gasteiger partial charge is 0.467 e. The number of hydrogen-bond acceptors (Lipinski definition) is 3. The molecule has 1 aliphatic rings. The molecule has 0 bridgehead atoms. The Hall–Kier alpha value is -1.36. The number of carbonyl (C=O) groups is 2. The maximum Gasteiger partial charge on any atom is 0.328 e. The molecule has 0 saturated heterocycles. The summed E-state index contributed by atoms with van der Waals surface area (Å²) in [4.78, 5) is 24.3. The van der Waals surface area contributed by atoms with Crippen LogP contribution in [-0.2, 0) is 9.53 Å². The first kappa shape index (κ1) is 17.0. The Morgan fingerprint density at radius 2 is 2.05 bits per heavy atom. The summed E-state index contributed by atoms with van der Waals surface area (Å²) in [5.41, 5.74) is 0.534. The average molecular weight is 368 g/mol. The lowest BCUT2D eigenvalue weighted by molar-refractivity contribution is -0.143. The van der Waals surface area contributed by atoms with Gasteiger partial charge in [0.25, 0.3) is 5.91 Å². The summed E-state index contributed by atoms with van der Waals surface area (Å²) in [7, 11) is 1.36. The van der Waals surface area contributed by atoms with E-state index in [4.69, 9.17) is 4.74 Å². The first-order chi connectivity index (χ1) is 10.6. The topological polar surface area (TPSA) is 55.4 Å². The molecule has 22 heavy (non-hydrogen) atoms. The molecule has 0 radical (unpaired) electrons. The molecule has 0 aromatic heterocycles. The molecule has 0 spiro atoms. The van der Waals surface area contributed by atoms with Crippen LogP contribution in [0.3, 0.4) is 0 Å². The summed E-state index contributed by atoms with van der Waals surface area (Å²) < 4.78 is 5.69. The number of esters is 1. The number of hydrogen-bond donors (Lipinski definition) is 1. The molecule has 1 aliphatic carbocycles. The van der Waals surface area contributed by atoms with E-state index >= 15 is 0 Å². The third-order valence-corrected chi connectivity index (χ3v) is 4.66. The van der Waals surface area contributed by atoms with E-state index in [0.717, 1.165) is 17.3 Å². The minimum Gasteiger partial charge on any atom is -0.467 e. The van der Waals surface area contributed by atoms with E-state index in [1.54, 1.807) is 18.2 Å². The second-order valence-corrected chi connectivity index (χ2v) is 6.71. The smallest absolute Gasteiger partial charge is 0.328 e. The standard InChI is InChI=1S/C17H22BrNO3/c1-22-17(21)15(10-12-6-3-2-4-7-12)19-16(20)13-8-5-9-14(18)11-13/h5,8-9,11-12,15H,2-4,6-7,10H2,1H3,(H,19,20)/t15-/m0/s1. The Balaban J connectivity index is 2.02. The minimum absolute atomic E-state index is 0.243. The van der Waals surface area contributed by atoms with Crippen molar-refractivity contribution in [2.24, 2.45) is 5.92 Å². The summed E-state index contributed by atoms with van der Waals surface area (Å²) >= 11 is 3.35. The first-order valence-corrected chi connectivity index (χ1v) is 8.53. The van der Waals surface area contributed by atoms with E-state index in [9.17, 15) is 9.59 Å². The van der Waals surface area contributed by atoms with Gasteiger partial charge < -0.3 is 10.1 Å². The van der Waals surface area contributed by atoms with Gasteiger partial charge in [-0.05, 0) is 30.5 Å². The SMILES string of the molecule is COC(=O)[C@H](CC1CCCCC1)NC(=O)c1cccc(Br)c1. The maximum absolute atomic E-state index is 12.3. The van der Waals surface area contributed by atoms with Crippen LogP contribution in [0, 0.1) is 5.92 Å². The highest BCUT2D eigenvalue weighted by molar-refractivity contribution is 9.10. The number of methoxy groups -OCH3 is 1. The van der Waals surface area contributed by atoms with Crippen LogP contribution >= 0.6 is 15.9 Å². The zero-order valence-electron chi connectivity index (χ0n) is 12.8. The first-order valence-electron chi connectivity index (χ1n) is 7.74. The lowest BCUT2D eigenvalue weighted by Gasteiger charge is -2.25. The second-order valence-electron chi connectivity index (χ2n) is 5.80. The molecule has 0 aliphatic heterocycles. The summed E-state index contributed by atoms with van der Waals surface area (Å²) in [6.45, 7) is 0. The van der Waals surface area contributed by atoms with Crippen LogP contribution in [0.25, 0.3) is 0 Å². The van der Waals surface area contributed by atoms with Crippen molar-refractivity contribution >= 4 is 27.8 Å². The van der Waals surface area contributed by atoms with Crippen molar-refractivity contribution in [1.82, 2.24) is 5.32 Å². The Kier molecular flexibility index (Phi) is 6.43. The number of nitrogens with one attached hydrogen (secondary N) is 1. The van der Waals surface area contributed by atoms with Gasteiger partial charge in [0.1, 0.15) is 6.04 Å². The van der Waals surface area contributed by atoms with Crippen molar-refractivity contribution in [2.45, 2.75) is 44.6 Å².